The predicted octanol–water partition coefficient (Wildman–Crippen LogP) is 16.1. The number of unbranched alkanes of at least 4 members (excludes halogenated alkanes) is 30. The molecular weight excluding hydrogens is 709 g/mol. The van der Waals surface area contributed by atoms with E-state index >= 15 is 0 Å². The molecule has 0 N–H and O–H groups in total. The van der Waals surface area contributed by atoms with E-state index in [2.05, 4.69) is 34.6 Å². The van der Waals surface area contributed by atoms with E-state index in [0.717, 1.165) is 69.6 Å². The van der Waals surface area contributed by atoms with Gasteiger partial charge in [0.1, 0.15) is 13.2 Å². The molecule has 0 heterocycles. The van der Waals surface area contributed by atoms with Gasteiger partial charge in [0.2, 0.25) is 0 Å². The van der Waals surface area contributed by atoms with Gasteiger partial charge < -0.3 is 14.2 Å². The predicted molar refractivity (Wildman–Crippen MR) is 243 cm³/mol. The quantitative estimate of drug-likeness (QED) is 0.0346. The fourth-order valence-corrected chi connectivity index (χ4v) is 7.64. The van der Waals surface area contributed by atoms with Gasteiger partial charge in [0.15, 0.2) is 6.10 Å². The third-order valence-electron chi connectivity index (χ3n) is 11.5. The molecule has 0 saturated carbocycles. The van der Waals surface area contributed by atoms with Crippen LogP contribution in [0.25, 0.3) is 0 Å². The van der Waals surface area contributed by atoms with Crippen LogP contribution in [0.4, 0.5) is 0 Å². The maximum atomic E-state index is 12.7. The van der Waals surface area contributed by atoms with E-state index in [1.165, 1.54) is 167 Å². The Labute approximate surface area is 355 Å². The topological polar surface area (TPSA) is 78.9 Å². The minimum atomic E-state index is -0.760. The van der Waals surface area contributed by atoms with Crippen LogP contribution in [0.3, 0.4) is 0 Å². The van der Waals surface area contributed by atoms with Crippen molar-refractivity contribution in [2.45, 2.75) is 285 Å². The van der Waals surface area contributed by atoms with Gasteiger partial charge >= 0.3 is 17.9 Å². The summed E-state index contributed by atoms with van der Waals surface area (Å²) in [4.78, 5) is 37.7. The van der Waals surface area contributed by atoms with Gasteiger partial charge in [0.05, 0.1) is 0 Å². The van der Waals surface area contributed by atoms with Gasteiger partial charge in [-0.25, -0.2) is 0 Å². The number of carbonyl (C=O) groups is 3. The molecule has 0 aromatic carbocycles. The van der Waals surface area contributed by atoms with Crippen LogP contribution in [0.15, 0.2) is 0 Å². The monoisotopic (exact) mass is 807 g/mol. The fraction of sp³-hybridized carbons (Fsp3) is 0.941. The first-order valence-electron chi connectivity index (χ1n) is 25.2. The zero-order valence-electron chi connectivity index (χ0n) is 39.0. The molecule has 0 rings (SSSR count). The summed E-state index contributed by atoms with van der Waals surface area (Å²) >= 11 is 0. The third-order valence-corrected chi connectivity index (χ3v) is 11.5. The molecular formula is C51H98O6. The summed E-state index contributed by atoms with van der Waals surface area (Å²) in [6.07, 6.45) is 43.9. The summed E-state index contributed by atoms with van der Waals surface area (Å²) in [7, 11) is 0. The second kappa shape index (κ2) is 44.0. The number of rotatable bonds is 45. The zero-order chi connectivity index (χ0) is 41.9. The molecule has 0 aromatic rings. The molecule has 0 radical (unpaired) electrons. The van der Waals surface area contributed by atoms with E-state index in [-0.39, 0.29) is 31.1 Å². The number of carbonyl (C=O) groups excluding carboxylic acids is 3. The minimum Gasteiger partial charge on any atom is -0.462 e. The van der Waals surface area contributed by atoms with E-state index in [1.807, 2.05) is 0 Å². The summed E-state index contributed by atoms with van der Waals surface area (Å²) < 4.78 is 16.7. The average Bonchev–Trinajstić information content (AvgIpc) is 3.18. The molecule has 0 fully saturated rings. The Balaban J connectivity index is 4.21. The Morgan fingerprint density at radius 2 is 0.579 bits per heavy atom. The van der Waals surface area contributed by atoms with Crippen LogP contribution in [0.2, 0.25) is 0 Å². The molecule has 6 heteroatoms. The van der Waals surface area contributed by atoms with Gasteiger partial charge in [0, 0.05) is 19.3 Å². The lowest BCUT2D eigenvalue weighted by molar-refractivity contribution is -0.167. The first-order chi connectivity index (χ1) is 27.7. The SMILES string of the molecule is CCCCCCCCCC(=O)OC[C@@H](COC(=O)CCCCCCCCCCCCCCC(C)C)OC(=O)CCCCCCCCCCCCCCCCC(C)C. The summed E-state index contributed by atoms with van der Waals surface area (Å²) in [5.74, 6) is 0.822. The highest BCUT2D eigenvalue weighted by Gasteiger charge is 2.19. The number of hydrogen-bond donors (Lipinski definition) is 0. The van der Waals surface area contributed by atoms with Crippen molar-refractivity contribution in [1.82, 2.24) is 0 Å². The molecule has 0 aromatic heterocycles. The van der Waals surface area contributed by atoms with E-state index in [9.17, 15) is 14.4 Å². The normalized spacial score (nSPS) is 12.1. The van der Waals surface area contributed by atoms with E-state index in [1.54, 1.807) is 0 Å². The van der Waals surface area contributed by atoms with E-state index < -0.39 is 6.10 Å². The summed E-state index contributed by atoms with van der Waals surface area (Å²) in [6.45, 7) is 11.3. The summed E-state index contributed by atoms with van der Waals surface area (Å²) in [5.41, 5.74) is 0. The van der Waals surface area contributed by atoms with Crippen molar-refractivity contribution < 1.29 is 28.6 Å². The van der Waals surface area contributed by atoms with Crippen molar-refractivity contribution >= 4 is 17.9 Å². The van der Waals surface area contributed by atoms with E-state index in [4.69, 9.17) is 14.2 Å². The van der Waals surface area contributed by atoms with Crippen molar-refractivity contribution in [1.29, 1.82) is 0 Å². The van der Waals surface area contributed by atoms with Crippen molar-refractivity contribution in [3.05, 3.63) is 0 Å². The van der Waals surface area contributed by atoms with Crippen molar-refractivity contribution in [3.63, 3.8) is 0 Å². The average molecular weight is 807 g/mol. The summed E-state index contributed by atoms with van der Waals surface area (Å²) in [6, 6.07) is 0. The van der Waals surface area contributed by atoms with Crippen LogP contribution in [-0.4, -0.2) is 37.2 Å². The number of ether oxygens (including phenoxy) is 3. The second-order valence-corrected chi connectivity index (χ2v) is 18.4. The molecule has 0 bridgehead atoms. The van der Waals surface area contributed by atoms with Gasteiger partial charge in [-0.2, -0.15) is 0 Å². The maximum Gasteiger partial charge on any atom is 0.306 e. The Morgan fingerprint density at radius 3 is 0.860 bits per heavy atom. The highest BCUT2D eigenvalue weighted by molar-refractivity contribution is 5.71. The Kier molecular flexibility index (Phi) is 42.7. The van der Waals surface area contributed by atoms with Crippen LogP contribution < -0.4 is 0 Å². The first kappa shape index (κ1) is 55.4. The molecule has 57 heavy (non-hydrogen) atoms. The molecule has 0 aliphatic rings. The molecule has 0 spiro atoms. The molecule has 0 aliphatic heterocycles. The Bertz CT molecular complexity index is 870. The minimum absolute atomic E-state index is 0.0642. The lowest BCUT2D eigenvalue weighted by Crippen LogP contribution is -2.30. The molecule has 0 aliphatic carbocycles. The van der Waals surface area contributed by atoms with Crippen LogP contribution >= 0.6 is 0 Å². The fourth-order valence-electron chi connectivity index (χ4n) is 7.64. The summed E-state index contributed by atoms with van der Waals surface area (Å²) in [5, 5.41) is 0. The van der Waals surface area contributed by atoms with E-state index in [0.29, 0.717) is 19.3 Å². The molecule has 0 amide bonds. The van der Waals surface area contributed by atoms with Gasteiger partial charge in [-0.3, -0.25) is 14.4 Å². The largest absolute Gasteiger partial charge is 0.462 e. The van der Waals surface area contributed by atoms with Crippen LogP contribution in [-0.2, 0) is 28.6 Å². The zero-order valence-corrected chi connectivity index (χ0v) is 39.0. The molecule has 6 nitrogen and oxygen atoms in total. The van der Waals surface area contributed by atoms with Gasteiger partial charge in [-0.05, 0) is 31.1 Å². The maximum absolute atomic E-state index is 12.7. The van der Waals surface area contributed by atoms with Gasteiger partial charge in [0.25, 0.3) is 0 Å². The molecule has 338 valence electrons. The van der Waals surface area contributed by atoms with Crippen molar-refractivity contribution in [2.24, 2.45) is 11.8 Å². The van der Waals surface area contributed by atoms with Crippen molar-refractivity contribution in [2.75, 3.05) is 13.2 Å². The highest BCUT2D eigenvalue weighted by atomic mass is 16.6. The molecule has 1 atom stereocenters. The molecule has 0 unspecified atom stereocenters. The molecule has 0 saturated heterocycles. The van der Waals surface area contributed by atoms with Crippen LogP contribution in [0.1, 0.15) is 279 Å². The highest BCUT2D eigenvalue weighted by Crippen LogP contribution is 2.17. The number of hydrogen-bond acceptors (Lipinski definition) is 6. The lowest BCUT2D eigenvalue weighted by Gasteiger charge is -2.18. The standard InChI is InChI=1S/C51H98O6/c1-6-7-8-9-24-31-36-41-49(52)55-44-48(45-56-50(53)42-37-32-27-22-18-15-14-17-21-26-30-35-40-47(4)5)57-51(54)43-38-33-28-23-19-13-11-10-12-16-20-25-29-34-39-46(2)3/h46-48H,6-45H2,1-5H3/t48-/m0/s1. The number of esters is 3. The van der Waals surface area contributed by atoms with Crippen LogP contribution in [0.5, 0.6) is 0 Å². The second-order valence-electron chi connectivity index (χ2n) is 18.4. The Hall–Kier alpha value is -1.59. The van der Waals surface area contributed by atoms with Crippen molar-refractivity contribution in [3.8, 4) is 0 Å². The van der Waals surface area contributed by atoms with Gasteiger partial charge in [-0.15, -0.1) is 0 Å². The first-order valence-corrected chi connectivity index (χ1v) is 25.2. The van der Waals surface area contributed by atoms with Crippen LogP contribution in [0, 0.1) is 11.8 Å². The Morgan fingerprint density at radius 1 is 0.333 bits per heavy atom. The smallest absolute Gasteiger partial charge is 0.306 e. The lowest BCUT2D eigenvalue weighted by atomic mass is 10.0. The third kappa shape index (κ3) is 45.3. The van der Waals surface area contributed by atoms with Gasteiger partial charge in [-0.1, -0.05) is 240 Å².